The van der Waals surface area contributed by atoms with Crippen molar-refractivity contribution in [3.63, 3.8) is 0 Å². The number of aryl methyl sites for hydroxylation is 2. The van der Waals surface area contributed by atoms with Crippen LogP contribution in [-0.2, 0) is 9.53 Å². The number of ether oxygens (including phenoxy) is 2. The minimum Gasteiger partial charge on any atom is -0.496 e. The quantitative estimate of drug-likeness (QED) is 0.488. The highest BCUT2D eigenvalue weighted by molar-refractivity contribution is 6.33. The van der Waals surface area contributed by atoms with Crippen molar-refractivity contribution < 1.29 is 19.1 Å². The van der Waals surface area contributed by atoms with E-state index >= 15 is 0 Å². The van der Waals surface area contributed by atoms with E-state index in [9.17, 15) is 9.59 Å². The molecular weight excluding hydrogens is 458 g/mol. The predicted octanol–water partition coefficient (Wildman–Crippen LogP) is 2.79. The van der Waals surface area contributed by atoms with Gasteiger partial charge in [-0.2, -0.15) is 0 Å². The molecule has 1 aromatic carbocycles. The van der Waals surface area contributed by atoms with Crippen LogP contribution in [-0.4, -0.2) is 67.7 Å². The summed E-state index contributed by atoms with van der Waals surface area (Å²) in [5.74, 6) is 0.529. The van der Waals surface area contributed by atoms with Gasteiger partial charge in [0.05, 0.1) is 35.5 Å². The van der Waals surface area contributed by atoms with Crippen molar-refractivity contribution in [2.45, 2.75) is 38.8 Å². The topological polar surface area (TPSA) is 119 Å². The highest BCUT2D eigenvalue weighted by Gasteiger charge is 2.31. The van der Waals surface area contributed by atoms with Crippen LogP contribution < -0.4 is 21.1 Å². The van der Waals surface area contributed by atoms with Crippen LogP contribution in [0, 0.1) is 13.8 Å². The van der Waals surface area contributed by atoms with Crippen molar-refractivity contribution in [1.82, 2.24) is 15.2 Å². The van der Waals surface area contributed by atoms with Gasteiger partial charge in [0.2, 0.25) is 5.91 Å². The van der Waals surface area contributed by atoms with Gasteiger partial charge < -0.3 is 30.7 Å². The monoisotopic (exact) mass is 489 g/mol. The highest BCUT2D eigenvalue weighted by Crippen LogP contribution is 2.29. The zero-order valence-electron chi connectivity index (χ0n) is 20.0. The lowest BCUT2D eigenvalue weighted by Crippen LogP contribution is -2.55. The number of benzene rings is 1. The predicted molar refractivity (Wildman–Crippen MR) is 132 cm³/mol. The van der Waals surface area contributed by atoms with Crippen molar-refractivity contribution in [3.8, 4) is 5.75 Å². The minimum atomic E-state index is -0.306. The van der Waals surface area contributed by atoms with E-state index in [1.54, 1.807) is 7.11 Å². The summed E-state index contributed by atoms with van der Waals surface area (Å²) in [6.07, 6.45) is 0.788. The fraction of sp³-hybridized carbons (Fsp3) is 0.458. The molecular formula is C24H32ClN5O4. The number of halogens is 1. The molecule has 1 fully saturated rings. The van der Waals surface area contributed by atoms with Gasteiger partial charge in [0.1, 0.15) is 11.6 Å². The highest BCUT2D eigenvalue weighted by atomic mass is 35.5. The van der Waals surface area contributed by atoms with Gasteiger partial charge in [-0.15, -0.1) is 0 Å². The summed E-state index contributed by atoms with van der Waals surface area (Å²) in [5, 5.41) is 6.18. The summed E-state index contributed by atoms with van der Waals surface area (Å²) in [4.78, 5) is 31.8. The molecule has 9 nitrogen and oxygen atoms in total. The Labute approximate surface area is 204 Å². The number of hydrogen-bond acceptors (Lipinski definition) is 7. The SMILES string of the molecule is COc1cc(N)c(Cl)cc1C(=O)N[C@@H]1CCN(CCC(=O)Nc2cc(C)cc(C)n2)C[C@@H]1OC. The molecule has 10 heteroatoms. The van der Waals surface area contributed by atoms with Crippen LogP contribution in [0.4, 0.5) is 11.5 Å². The van der Waals surface area contributed by atoms with Crippen LogP contribution in [0.3, 0.4) is 0 Å². The second-order valence-electron chi connectivity index (χ2n) is 8.49. The fourth-order valence-corrected chi connectivity index (χ4v) is 4.28. The second-order valence-corrected chi connectivity index (χ2v) is 8.89. The molecule has 1 aromatic heterocycles. The van der Waals surface area contributed by atoms with E-state index in [0.717, 1.165) is 17.8 Å². The Balaban J connectivity index is 1.54. The molecule has 2 heterocycles. The smallest absolute Gasteiger partial charge is 0.255 e. The number of nitrogens with two attached hydrogens (primary N) is 1. The zero-order valence-corrected chi connectivity index (χ0v) is 20.7. The van der Waals surface area contributed by atoms with Crippen molar-refractivity contribution in [2.75, 3.05) is 44.9 Å². The maximum absolute atomic E-state index is 12.9. The summed E-state index contributed by atoms with van der Waals surface area (Å²) >= 11 is 6.10. The van der Waals surface area contributed by atoms with Gasteiger partial charge in [0.15, 0.2) is 0 Å². The Morgan fingerprint density at radius 2 is 2.00 bits per heavy atom. The molecule has 4 N–H and O–H groups in total. The summed E-state index contributed by atoms with van der Waals surface area (Å²) in [5.41, 5.74) is 8.38. The molecule has 0 bridgehead atoms. The van der Waals surface area contributed by atoms with E-state index in [1.807, 2.05) is 26.0 Å². The first-order chi connectivity index (χ1) is 16.2. The summed E-state index contributed by atoms with van der Waals surface area (Å²) in [7, 11) is 3.09. The number of rotatable bonds is 8. The molecule has 1 saturated heterocycles. The molecule has 2 atom stereocenters. The lowest BCUT2D eigenvalue weighted by molar-refractivity contribution is -0.116. The van der Waals surface area contributed by atoms with Gasteiger partial charge in [0, 0.05) is 44.9 Å². The first kappa shape index (κ1) is 25.7. The molecule has 0 unspecified atom stereocenters. The normalized spacial score (nSPS) is 18.4. The number of amides is 2. The molecule has 1 aliphatic rings. The maximum Gasteiger partial charge on any atom is 0.255 e. The van der Waals surface area contributed by atoms with Crippen LogP contribution in [0.1, 0.15) is 34.5 Å². The molecule has 184 valence electrons. The number of nitrogens with zero attached hydrogens (tertiary/aromatic N) is 2. The lowest BCUT2D eigenvalue weighted by Gasteiger charge is -2.38. The Hall–Kier alpha value is -2.88. The first-order valence-corrected chi connectivity index (χ1v) is 11.5. The Bertz CT molecular complexity index is 1030. The average Bonchev–Trinajstić information content (AvgIpc) is 2.79. The average molecular weight is 490 g/mol. The van der Waals surface area contributed by atoms with Crippen molar-refractivity contribution >= 4 is 34.9 Å². The van der Waals surface area contributed by atoms with Crippen LogP contribution >= 0.6 is 11.6 Å². The summed E-state index contributed by atoms with van der Waals surface area (Å²) in [6.45, 7) is 5.76. The molecule has 3 rings (SSSR count). The summed E-state index contributed by atoms with van der Waals surface area (Å²) in [6, 6.07) is 6.66. The van der Waals surface area contributed by atoms with Gasteiger partial charge in [-0.25, -0.2) is 4.98 Å². The van der Waals surface area contributed by atoms with Gasteiger partial charge in [0.25, 0.3) is 5.91 Å². The van der Waals surface area contributed by atoms with E-state index in [0.29, 0.717) is 53.8 Å². The van der Waals surface area contributed by atoms with Gasteiger partial charge in [-0.1, -0.05) is 11.6 Å². The van der Waals surface area contributed by atoms with E-state index in [-0.39, 0.29) is 24.0 Å². The van der Waals surface area contributed by atoms with E-state index < -0.39 is 0 Å². The number of carbonyl (C=O) groups is 2. The number of carbonyl (C=O) groups excluding carboxylic acids is 2. The first-order valence-electron chi connectivity index (χ1n) is 11.1. The third kappa shape index (κ3) is 6.59. The number of nitrogen functional groups attached to an aromatic ring is 1. The van der Waals surface area contributed by atoms with Crippen LogP contribution in [0.2, 0.25) is 5.02 Å². The Morgan fingerprint density at radius 1 is 1.24 bits per heavy atom. The number of piperidine rings is 1. The van der Waals surface area contributed by atoms with Crippen LogP contribution in [0.25, 0.3) is 0 Å². The molecule has 2 aromatic rings. The van der Waals surface area contributed by atoms with Gasteiger partial charge in [-0.3, -0.25) is 9.59 Å². The minimum absolute atomic E-state index is 0.0887. The number of hydrogen-bond donors (Lipinski definition) is 3. The number of methoxy groups -OCH3 is 2. The van der Waals surface area contributed by atoms with Crippen molar-refractivity contribution in [2.24, 2.45) is 0 Å². The van der Waals surface area contributed by atoms with Crippen LogP contribution in [0.15, 0.2) is 24.3 Å². The molecule has 0 aliphatic carbocycles. The van der Waals surface area contributed by atoms with E-state index in [1.165, 1.54) is 19.2 Å². The lowest BCUT2D eigenvalue weighted by atomic mass is 10.0. The molecule has 0 spiro atoms. The van der Waals surface area contributed by atoms with E-state index in [4.69, 9.17) is 26.8 Å². The Morgan fingerprint density at radius 3 is 2.68 bits per heavy atom. The largest absolute Gasteiger partial charge is 0.496 e. The number of likely N-dealkylation sites (tertiary alicyclic amines) is 1. The standard InChI is InChI=1S/C24H32ClN5O4/c1-14-9-15(2)27-22(10-14)29-23(31)6-8-30-7-5-19(21(13-30)34-4)28-24(32)16-11-17(25)18(26)12-20(16)33-3/h9-12,19,21H,5-8,13,26H2,1-4H3,(H,28,32)(H,27,29,31)/t19-,21+/m1/s1. The number of pyridine rings is 1. The van der Waals surface area contributed by atoms with E-state index in [2.05, 4.69) is 20.5 Å². The van der Waals surface area contributed by atoms with Gasteiger partial charge >= 0.3 is 0 Å². The zero-order chi connectivity index (χ0) is 24.8. The molecule has 0 saturated carbocycles. The maximum atomic E-state index is 12.9. The van der Waals surface area contributed by atoms with Crippen molar-refractivity contribution in [3.05, 3.63) is 46.1 Å². The second kappa shape index (κ2) is 11.5. The molecule has 0 radical (unpaired) electrons. The van der Waals surface area contributed by atoms with Crippen molar-refractivity contribution in [1.29, 1.82) is 0 Å². The third-order valence-electron chi connectivity index (χ3n) is 5.85. The molecule has 2 amide bonds. The number of anilines is 2. The molecule has 34 heavy (non-hydrogen) atoms. The fourth-order valence-electron chi connectivity index (χ4n) is 4.12. The summed E-state index contributed by atoms with van der Waals surface area (Å²) < 4.78 is 10.9. The third-order valence-corrected chi connectivity index (χ3v) is 6.17. The molecule has 1 aliphatic heterocycles. The number of aromatic nitrogens is 1. The van der Waals surface area contributed by atoms with Crippen LogP contribution in [0.5, 0.6) is 5.75 Å². The number of nitrogens with one attached hydrogen (secondary N) is 2. The Kier molecular flexibility index (Phi) is 8.71. The van der Waals surface area contributed by atoms with Gasteiger partial charge in [-0.05, 0) is 44.0 Å².